The van der Waals surface area contributed by atoms with Crippen LogP contribution in [-0.2, 0) is 24.3 Å². The molecule has 29 heavy (non-hydrogen) atoms. The number of hydrogen-bond acceptors (Lipinski definition) is 3. The van der Waals surface area contributed by atoms with Gasteiger partial charge in [-0.25, -0.2) is 4.98 Å². The van der Waals surface area contributed by atoms with Crippen molar-refractivity contribution in [3.8, 4) is 0 Å². The van der Waals surface area contributed by atoms with Gasteiger partial charge in [0.25, 0.3) is 5.56 Å². The molecular weight excluding hydrogens is 409 g/mol. The number of nitrogens with zero attached hydrogens (tertiary/aromatic N) is 2. The summed E-state index contributed by atoms with van der Waals surface area (Å²) in [7, 11) is 0. The maximum Gasteiger partial charge on any atom is 0.272 e. The molecule has 3 rings (SSSR count). The molecule has 0 saturated heterocycles. The number of carbonyl (C=O) groups is 1. The molecule has 0 bridgehead atoms. The second-order valence-corrected chi connectivity index (χ2v) is 7.71. The number of aromatic nitrogens is 2. The van der Waals surface area contributed by atoms with Crippen LogP contribution in [0.5, 0.6) is 0 Å². The van der Waals surface area contributed by atoms with E-state index < -0.39 is 0 Å². The number of benzene rings is 2. The quantitative estimate of drug-likeness (QED) is 0.559. The Morgan fingerprint density at radius 1 is 1.17 bits per heavy atom. The van der Waals surface area contributed by atoms with Crippen LogP contribution in [0.3, 0.4) is 0 Å². The zero-order valence-corrected chi connectivity index (χ0v) is 17.8. The van der Waals surface area contributed by atoms with Crippen molar-refractivity contribution in [1.82, 2.24) is 14.9 Å². The average molecular weight is 432 g/mol. The van der Waals surface area contributed by atoms with Crippen LogP contribution in [0.15, 0.2) is 47.3 Å². The number of halogens is 2. The molecule has 0 atom stereocenters. The molecule has 7 heteroatoms. The number of fused-ring (bicyclic) bond motifs is 1. The molecule has 3 aromatic rings. The molecule has 1 amide bonds. The number of carbonyl (C=O) groups excluding carboxylic acids is 1. The molecule has 5 nitrogen and oxygen atoms in total. The van der Waals surface area contributed by atoms with Gasteiger partial charge in [0.2, 0.25) is 5.91 Å². The maximum absolute atomic E-state index is 12.9. The van der Waals surface area contributed by atoms with Crippen molar-refractivity contribution in [2.75, 3.05) is 0 Å². The number of para-hydroxylation sites is 2. The highest BCUT2D eigenvalue weighted by Gasteiger charge is 2.13. The lowest BCUT2D eigenvalue weighted by Crippen LogP contribution is -2.28. The minimum atomic E-state index is -0.162. The zero-order valence-electron chi connectivity index (χ0n) is 16.3. The SMILES string of the molecule is CCCCn1c(=O)c(CCC(=O)NCc2ccc(Cl)cc2Cl)nc2ccccc21. The first-order chi connectivity index (χ1) is 14.0. The monoisotopic (exact) mass is 431 g/mol. The normalized spacial score (nSPS) is 11.0. The Kier molecular flexibility index (Phi) is 7.29. The van der Waals surface area contributed by atoms with Gasteiger partial charge in [0.1, 0.15) is 5.69 Å². The van der Waals surface area contributed by atoms with Crippen LogP contribution in [0.1, 0.15) is 37.4 Å². The van der Waals surface area contributed by atoms with Gasteiger partial charge in [-0.05, 0) is 36.2 Å². The largest absolute Gasteiger partial charge is 0.352 e. The number of nitrogens with one attached hydrogen (secondary N) is 1. The summed E-state index contributed by atoms with van der Waals surface area (Å²) in [5.74, 6) is -0.162. The van der Waals surface area contributed by atoms with Gasteiger partial charge in [-0.15, -0.1) is 0 Å². The summed E-state index contributed by atoms with van der Waals surface area (Å²) >= 11 is 12.0. The van der Waals surface area contributed by atoms with E-state index >= 15 is 0 Å². The lowest BCUT2D eigenvalue weighted by atomic mass is 10.2. The third-order valence-corrected chi connectivity index (χ3v) is 5.32. The highest BCUT2D eigenvalue weighted by molar-refractivity contribution is 6.35. The first-order valence-corrected chi connectivity index (χ1v) is 10.4. The van der Waals surface area contributed by atoms with E-state index in [-0.39, 0.29) is 24.3 Å². The lowest BCUT2D eigenvalue weighted by Gasteiger charge is -2.12. The van der Waals surface area contributed by atoms with Crippen LogP contribution in [-0.4, -0.2) is 15.5 Å². The highest BCUT2D eigenvalue weighted by atomic mass is 35.5. The van der Waals surface area contributed by atoms with Crippen LogP contribution in [0.25, 0.3) is 11.0 Å². The van der Waals surface area contributed by atoms with E-state index in [1.165, 1.54) is 0 Å². The van der Waals surface area contributed by atoms with Gasteiger partial charge in [-0.1, -0.05) is 54.7 Å². The third-order valence-electron chi connectivity index (χ3n) is 4.74. The van der Waals surface area contributed by atoms with Gasteiger partial charge in [-0.2, -0.15) is 0 Å². The van der Waals surface area contributed by atoms with Crippen molar-refractivity contribution in [2.24, 2.45) is 0 Å². The molecule has 2 aromatic carbocycles. The van der Waals surface area contributed by atoms with Crippen molar-refractivity contribution in [3.05, 3.63) is 74.1 Å². The molecule has 1 aromatic heterocycles. The molecule has 0 aliphatic heterocycles. The Balaban J connectivity index is 1.70. The second-order valence-electron chi connectivity index (χ2n) is 6.87. The fraction of sp³-hybridized carbons (Fsp3) is 0.318. The van der Waals surface area contributed by atoms with Crippen molar-refractivity contribution >= 4 is 40.1 Å². The van der Waals surface area contributed by atoms with Gasteiger partial charge in [0.05, 0.1) is 11.0 Å². The van der Waals surface area contributed by atoms with Gasteiger partial charge >= 0.3 is 0 Å². The summed E-state index contributed by atoms with van der Waals surface area (Å²) < 4.78 is 1.77. The van der Waals surface area contributed by atoms with Crippen molar-refractivity contribution in [1.29, 1.82) is 0 Å². The maximum atomic E-state index is 12.9. The predicted octanol–water partition coefficient (Wildman–Crippen LogP) is 4.75. The minimum Gasteiger partial charge on any atom is -0.352 e. The Morgan fingerprint density at radius 2 is 1.97 bits per heavy atom. The number of amides is 1. The fourth-order valence-corrected chi connectivity index (χ4v) is 3.60. The zero-order chi connectivity index (χ0) is 20.8. The number of rotatable bonds is 8. The van der Waals surface area contributed by atoms with Crippen molar-refractivity contribution in [2.45, 2.75) is 45.7 Å². The Hall–Kier alpha value is -2.37. The number of hydrogen-bond donors (Lipinski definition) is 1. The van der Waals surface area contributed by atoms with E-state index in [0.29, 0.717) is 28.8 Å². The summed E-state index contributed by atoms with van der Waals surface area (Å²) in [4.78, 5) is 29.7. The first kappa shape index (κ1) is 21.3. The molecule has 0 radical (unpaired) electrons. The number of aryl methyl sites for hydroxylation is 2. The summed E-state index contributed by atoms with van der Waals surface area (Å²) in [6, 6.07) is 12.8. The topological polar surface area (TPSA) is 64.0 Å². The van der Waals surface area contributed by atoms with E-state index in [1.54, 1.807) is 22.8 Å². The van der Waals surface area contributed by atoms with Gasteiger partial charge < -0.3 is 9.88 Å². The third kappa shape index (κ3) is 5.37. The molecule has 0 aliphatic rings. The van der Waals surface area contributed by atoms with Crippen molar-refractivity contribution in [3.63, 3.8) is 0 Å². The molecule has 0 aliphatic carbocycles. The predicted molar refractivity (Wildman–Crippen MR) is 118 cm³/mol. The van der Waals surface area contributed by atoms with Crippen LogP contribution in [0.4, 0.5) is 0 Å². The molecule has 1 heterocycles. The molecule has 0 unspecified atom stereocenters. The van der Waals surface area contributed by atoms with Crippen LogP contribution >= 0.6 is 23.2 Å². The van der Waals surface area contributed by atoms with Crippen LogP contribution < -0.4 is 10.9 Å². The van der Waals surface area contributed by atoms with E-state index in [9.17, 15) is 9.59 Å². The molecular formula is C22H23Cl2N3O2. The highest BCUT2D eigenvalue weighted by Crippen LogP contribution is 2.20. The Morgan fingerprint density at radius 3 is 2.72 bits per heavy atom. The van der Waals surface area contributed by atoms with Crippen LogP contribution in [0.2, 0.25) is 10.0 Å². The molecule has 0 saturated carbocycles. The van der Waals surface area contributed by atoms with Gasteiger partial charge in [0.15, 0.2) is 0 Å². The number of unbranched alkanes of at least 4 members (excludes halogenated alkanes) is 1. The molecule has 1 N–H and O–H groups in total. The summed E-state index contributed by atoms with van der Waals surface area (Å²) in [5.41, 5.74) is 2.68. The summed E-state index contributed by atoms with van der Waals surface area (Å²) in [6.07, 6.45) is 2.37. The summed E-state index contributed by atoms with van der Waals surface area (Å²) in [5, 5.41) is 3.89. The Labute approximate surface area is 179 Å². The van der Waals surface area contributed by atoms with E-state index in [4.69, 9.17) is 23.2 Å². The Bertz CT molecular complexity index is 1080. The van der Waals surface area contributed by atoms with E-state index in [1.807, 2.05) is 24.3 Å². The fourth-order valence-electron chi connectivity index (χ4n) is 3.13. The lowest BCUT2D eigenvalue weighted by molar-refractivity contribution is -0.121. The van der Waals surface area contributed by atoms with Crippen molar-refractivity contribution < 1.29 is 4.79 Å². The molecule has 0 spiro atoms. The van der Waals surface area contributed by atoms with Gasteiger partial charge in [0, 0.05) is 36.0 Å². The summed E-state index contributed by atoms with van der Waals surface area (Å²) in [6.45, 7) is 3.04. The van der Waals surface area contributed by atoms with Crippen LogP contribution in [0, 0.1) is 0 Å². The first-order valence-electron chi connectivity index (χ1n) is 9.68. The average Bonchev–Trinajstić information content (AvgIpc) is 2.71. The molecule has 152 valence electrons. The second kappa shape index (κ2) is 9.90. The van der Waals surface area contributed by atoms with Gasteiger partial charge in [-0.3, -0.25) is 9.59 Å². The van der Waals surface area contributed by atoms with E-state index in [0.717, 1.165) is 29.4 Å². The van der Waals surface area contributed by atoms with E-state index in [2.05, 4.69) is 17.2 Å². The standard InChI is InChI=1S/C22H23Cl2N3O2/c1-2-3-12-27-20-7-5-4-6-18(20)26-19(22(27)29)10-11-21(28)25-14-15-8-9-16(23)13-17(15)24/h4-9,13H,2-3,10-12,14H2,1H3,(H,25,28). The minimum absolute atomic E-state index is 0.120. The molecule has 0 fully saturated rings. The smallest absolute Gasteiger partial charge is 0.272 e.